The highest BCUT2D eigenvalue weighted by molar-refractivity contribution is 5.89. The molecule has 0 bridgehead atoms. The molecule has 126 valence electrons. The molecule has 1 aliphatic rings. The molecule has 7 heteroatoms. The van der Waals surface area contributed by atoms with Crippen LogP contribution in [-0.4, -0.2) is 66.4 Å². The molecule has 1 unspecified atom stereocenters. The summed E-state index contributed by atoms with van der Waals surface area (Å²) in [5.41, 5.74) is 0. The van der Waals surface area contributed by atoms with Crippen molar-refractivity contribution >= 4 is 17.8 Å². The molecule has 1 fully saturated rings. The van der Waals surface area contributed by atoms with Crippen LogP contribution in [0.15, 0.2) is 0 Å². The molecule has 1 aliphatic heterocycles. The molecule has 4 amide bonds. The Morgan fingerprint density at radius 2 is 1.82 bits per heavy atom. The van der Waals surface area contributed by atoms with Crippen molar-refractivity contribution in [3.8, 4) is 0 Å². The van der Waals surface area contributed by atoms with Crippen LogP contribution < -0.4 is 10.6 Å². The average molecular weight is 312 g/mol. The number of carbonyl (C=O) groups excluding carboxylic acids is 3. The van der Waals surface area contributed by atoms with Crippen molar-refractivity contribution in [2.24, 2.45) is 5.92 Å². The Hall–Kier alpha value is -1.79. The van der Waals surface area contributed by atoms with Gasteiger partial charge in [0.15, 0.2) is 0 Å². The lowest BCUT2D eigenvalue weighted by molar-refractivity contribution is -0.129. The third-order valence-corrected chi connectivity index (χ3v) is 3.90. The molecule has 22 heavy (non-hydrogen) atoms. The minimum Gasteiger partial charge on any atom is -0.354 e. The molecule has 7 nitrogen and oxygen atoms in total. The molecule has 1 saturated heterocycles. The molecule has 1 atom stereocenters. The van der Waals surface area contributed by atoms with Crippen molar-refractivity contribution in [3.63, 3.8) is 0 Å². The highest BCUT2D eigenvalue weighted by Crippen LogP contribution is 2.19. The van der Waals surface area contributed by atoms with E-state index in [4.69, 9.17) is 0 Å². The van der Waals surface area contributed by atoms with Gasteiger partial charge in [-0.3, -0.25) is 9.59 Å². The lowest BCUT2D eigenvalue weighted by Gasteiger charge is -2.21. The highest BCUT2D eigenvalue weighted by Gasteiger charge is 2.35. The topological polar surface area (TPSA) is 81.8 Å². The molecule has 0 aromatic rings. The van der Waals surface area contributed by atoms with Crippen molar-refractivity contribution in [3.05, 3.63) is 0 Å². The SMILES string of the molecule is CCN(CC)C(=O)NCCNC(=O)C1CC(=O)N(C(C)C)C1. The second-order valence-electron chi connectivity index (χ2n) is 5.74. The quantitative estimate of drug-likeness (QED) is 0.668. The number of nitrogens with zero attached hydrogens (tertiary/aromatic N) is 2. The monoisotopic (exact) mass is 312 g/mol. The van der Waals surface area contributed by atoms with Gasteiger partial charge in [0.2, 0.25) is 11.8 Å². The van der Waals surface area contributed by atoms with E-state index in [1.165, 1.54) is 0 Å². The first kappa shape index (κ1) is 18.3. The lowest BCUT2D eigenvalue weighted by atomic mass is 10.1. The van der Waals surface area contributed by atoms with Gasteiger partial charge in [-0.05, 0) is 27.7 Å². The largest absolute Gasteiger partial charge is 0.354 e. The van der Waals surface area contributed by atoms with Crippen LogP contribution >= 0.6 is 0 Å². The molecule has 1 heterocycles. The highest BCUT2D eigenvalue weighted by atomic mass is 16.2. The van der Waals surface area contributed by atoms with Crippen molar-refractivity contribution in [1.82, 2.24) is 20.4 Å². The van der Waals surface area contributed by atoms with Crippen LogP contribution in [0.5, 0.6) is 0 Å². The Bertz CT molecular complexity index is 408. The van der Waals surface area contributed by atoms with E-state index in [0.29, 0.717) is 32.7 Å². The number of rotatable bonds is 7. The average Bonchev–Trinajstić information content (AvgIpc) is 2.87. The van der Waals surface area contributed by atoms with Gasteiger partial charge in [-0.15, -0.1) is 0 Å². The summed E-state index contributed by atoms with van der Waals surface area (Å²) < 4.78 is 0. The molecule has 0 spiro atoms. The Kier molecular flexibility index (Phi) is 7.14. The molecule has 0 aliphatic carbocycles. The van der Waals surface area contributed by atoms with E-state index in [1.54, 1.807) is 9.80 Å². The third kappa shape index (κ3) is 4.89. The molecule has 1 rings (SSSR count). The van der Waals surface area contributed by atoms with E-state index in [9.17, 15) is 14.4 Å². The molecular formula is C15H28N4O3. The zero-order chi connectivity index (χ0) is 16.7. The summed E-state index contributed by atoms with van der Waals surface area (Å²) in [6.07, 6.45) is 0.274. The predicted molar refractivity (Wildman–Crippen MR) is 84.3 cm³/mol. The predicted octanol–water partition coefficient (Wildman–Crippen LogP) is 0.411. The van der Waals surface area contributed by atoms with Crippen LogP contribution in [0, 0.1) is 5.92 Å². The van der Waals surface area contributed by atoms with Gasteiger partial charge in [0.25, 0.3) is 0 Å². The smallest absolute Gasteiger partial charge is 0.317 e. The van der Waals surface area contributed by atoms with Gasteiger partial charge < -0.3 is 20.4 Å². The fourth-order valence-electron chi connectivity index (χ4n) is 2.53. The number of nitrogens with one attached hydrogen (secondary N) is 2. The Balaban J connectivity index is 2.27. The van der Waals surface area contributed by atoms with E-state index in [1.807, 2.05) is 27.7 Å². The number of likely N-dealkylation sites (tertiary alicyclic amines) is 1. The van der Waals surface area contributed by atoms with Crippen LogP contribution in [0.1, 0.15) is 34.1 Å². The van der Waals surface area contributed by atoms with Crippen LogP contribution in [0.25, 0.3) is 0 Å². The van der Waals surface area contributed by atoms with E-state index in [2.05, 4.69) is 10.6 Å². The summed E-state index contributed by atoms with van der Waals surface area (Å²) in [6.45, 7) is 10.3. The first-order valence-electron chi connectivity index (χ1n) is 8.00. The van der Waals surface area contributed by atoms with Crippen molar-refractivity contribution < 1.29 is 14.4 Å². The zero-order valence-electron chi connectivity index (χ0n) is 14.0. The Morgan fingerprint density at radius 1 is 1.23 bits per heavy atom. The van der Waals surface area contributed by atoms with Crippen LogP contribution in [0.3, 0.4) is 0 Å². The van der Waals surface area contributed by atoms with Crippen molar-refractivity contribution in [1.29, 1.82) is 0 Å². The Labute approximate surface area is 132 Å². The van der Waals surface area contributed by atoms with Crippen LogP contribution in [0.4, 0.5) is 4.79 Å². The molecule has 0 radical (unpaired) electrons. The number of carbonyl (C=O) groups is 3. The van der Waals surface area contributed by atoms with Gasteiger partial charge in [-0.1, -0.05) is 0 Å². The molecule has 2 N–H and O–H groups in total. The number of amides is 4. The maximum absolute atomic E-state index is 12.0. The normalized spacial score (nSPS) is 17.8. The maximum atomic E-state index is 12.0. The summed E-state index contributed by atoms with van der Waals surface area (Å²) in [7, 11) is 0. The number of hydrogen-bond acceptors (Lipinski definition) is 3. The third-order valence-electron chi connectivity index (χ3n) is 3.90. The van der Waals surface area contributed by atoms with Gasteiger partial charge >= 0.3 is 6.03 Å². The van der Waals surface area contributed by atoms with Gasteiger partial charge in [-0.25, -0.2) is 4.79 Å². The lowest BCUT2D eigenvalue weighted by Crippen LogP contribution is -2.43. The van der Waals surface area contributed by atoms with Crippen LogP contribution in [-0.2, 0) is 9.59 Å². The Morgan fingerprint density at radius 3 is 2.32 bits per heavy atom. The fraction of sp³-hybridized carbons (Fsp3) is 0.800. The second-order valence-corrected chi connectivity index (χ2v) is 5.74. The zero-order valence-corrected chi connectivity index (χ0v) is 14.0. The summed E-state index contributed by atoms with van der Waals surface area (Å²) in [4.78, 5) is 38.9. The van der Waals surface area contributed by atoms with E-state index < -0.39 is 0 Å². The van der Waals surface area contributed by atoms with Gasteiger partial charge in [0, 0.05) is 45.2 Å². The summed E-state index contributed by atoms with van der Waals surface area (Å²) in [5.74, 6) is -0.369. The van der Waals surface area contributed by atoms with E-state index in [-0.39, 0.29) is 36.2 Å². The summed E-state index contributed by atoms with van der Waals surface area (Å²) in [6, 6.07) is -0.0000603. The standard InChI is InChI=1S/C15H28N4O3/c1-5-18(6-2)15(22)17-8-7-16-14(21)12-9-13(20)19(10-12)11(3)4/h11-12H,5-10H2,1-4H3,(H,16,21)(H,17,22). The van der Waals surface area contributed by atoms with Gasteiger partial charge in [0.05, 0.1) is 5.92 Å². The molecule has 0 aromatic carbocycles. The van der Waals surface area contributed by atoms with Crippen molar-refractivity contribution in [2.75, 3.05) is 32.7 Å². The summed E-state index contributed by atoms with van der Waals surface area (Å²) in [5, 5.41) is 5.55. The number of hydrogen-bond donors (Lipinski definition) is 2. The van der Waals surface area contributed by atoms with Gasteiger partial charge in [-0.2, -0.15) is 0 Å². The molecular weight excluding hydrogens is 284 g/mol. The van der Waals surface area contributed by atoms with E-state index in [0.717, 1.165) is 0 Å². The second kappa shape index (κ2) is 8.60. The molecule has 0 saturated carbocycles. The van der Waals surface area contributed by atoms with Gasteiger partial charge in [0.1, 0.15) is 0 Å². The minimum absolute atomic E-state index is 0.0324. The fourth-order valence-corrected chi connectivity index (χ4v) is 2.53. The minimum atomic E-state index is -0.284. The molecule has 0 aromatic heterocycles. The first-order valence-corrected chi connectivity index (χ1v) is 8.00. The maximum Gasteiger partial charge on any atom is 0.317 e. The van der Waals surface area contributed by atoms with Crippen LogP contribution in [0.2, 0.25) is 0 Å². The first-order chi connectivity index (χ1) is 10.4. The number of urea groups is 1. The van der Waals surface area contributed by atoms with E-state index >= 15 is 0 Å². The summed E-state index contributed by atoms with van der Waals surface area (Å²) >= 11 is 0. The van der Waals surface area contributed by atoms with Crippen molar-refractivity contribution in [2.45, 2.75) is 40.2 Å².